The summed E-state index contributed by atoms with van der Waals surface area (Å²) in [4.78, 5) is 19.6. The van der Waals surface area contributed by atoms with Gasteiger partial charge >= 0.3 is 0 Å². The van der Waals surface area contributed by atoms with E-state index in [2.05, 4.69) is 9.71 Å². The number of nitrogens with zero attached hydrogens (tertiary/aromatic N) is 2. The molecule has 1 unspecified atom stereocenters. The molecule has 1 saturated carbocycles. The molecule has 2 heterocycles. The summed E-state index contributed by atoms with van der Waals surface area (Å²) in [5.41, 5.74) is 3.12. The number of rotatable bonds is 8. The third kappa shape index (κ3) is 5.01. The van der Waals surface area contributed by atoms with Crippen molar-refractivity contribution in [1.82, 2.24) is 9.71 Å². The third-order valence-corrected chi connectivity index (χ3v) is 8.87. The van der Waals surface area contributed by atoms with Crippen LogP contribution in [0.25, 0.3) is 11.1 Å². The van der Waals surface area contributed by atoms with E-state index >= 15 is 0 Å². The molecule has 1 aliphatic heterocycles. The largest absolute Gasteiger partial charge is 0.496 e. The Morgan fingerprint density at radius 1 is 1.15 bits per heavy atom. The van der Waals surface area contributed by atoms with Gasteiger partial charge in [0.1, 0.15) is 35.5 Å². The van der Waals surface area contributed by atoms with Crippen molar-refractivity contribution in [3.05, 3.63) is 83.2 Å². The number of amides is 1. The number of fused-ring (bicyclic) bond motifs is 2. The van der Waals surface area contributed by atoms with E-state index in [1.54, 1.807) is 12.0 Å². The van der Waals surface area contributed by atoms with Gasteiger partial charge in [0.2, 0.25) is 10.0 Å². The monoisotopic (exact) mass is 551 g/mol. The second-order valence-corrected chi connectivity index (χ2v) is 11.6. The Kier molecular flexibility index (Phi) is 6.38. The maximum Gasteiger partial charge on any atom is 0.299 e. The molecular formula is C28H26FN3O6S. The van der Waals surface area contributed by atoms with E-state index in [1.165, 1.54) is 18.2 Å². The standard InChI is InChI=1S/C28H26FN3O6S/c1-36-25-12-7-17-15-32(28-30-23-11-8-18(29)13-26(23)38-28)24(27(33)31-39(34,35)20-9-10-20)14-21(17)22(25)16-37-19-5-3-2-4-6-19/h2-8,11-13,20,24H,9-10,14-16H2,1H3,(H,31,33). The first-order valence-corrected chi connectivity index (χ1v) is 14.1. The first kappa shape index (κ1) is 25.2. The van der Waals surface area contributed by atoms with Gasteiger partial charge in [-0.05, 0) is 54.3 Å². The van der Waals surface area contributed by atoms with Crippen molar-refractivity contribution in [1.29, 1.82) is 0 Å². The van der Waals surface area contributed by atoms with Gasteiger partial charge in [0.05, 0.1) is 12.4 Å². The lowest BCUT2D eigenvalue weighted by Gasteiger charge is -2.36. The average Bonchev–Trinajstić information content (AvgIpc) is 3.72. The van der Waals surface area contributed by atoms with Crippen LogP contribution in [0.4, 0.5) is 10.4 Å². The fourth-order valence-corrected chi connectivity index (χ4v) is 6.20. The number of methoxy groups -OCH3 is 1. The molecule has 4 aromatic rings. The van der Waals surface area contributed by atoms with Crippen LogP contribution in [0.5, 0.6) is 11.5 Å². The van der Waals surface area contributed by atoms with E-state index in [0.717, 1.165) is 16.7 Å². The Hall–Kier alpha value is -4.12. The highest BCUT2D eigenvalue weighted by Gasteiger charge is 2.41. The fourth-order valence-electron chi connectivity index (χ4n) is 4.86. The van der Waals surface area contributed by atoms with Crippen molar-refractivity contribution in [2.24, 2.45) is 0 Å². The summed E-state index contributed by atoms with van der Waals surface area (Å²) in [6.45, 7) is 0.391. The number of benzene rings is 3. The first-order chi connectivity index (χ1) is 18.8. The number of sulfonamides is 1. The maximum absolute atomic E-state index is 13.8. The Morgan fingerprint density at radius 2 is 1.95 bits per heavy atom. The van der Waals surface area contributed by atoms with Gasteiger partial charge in [-0.25, -0.2) is 12.8 Å². The number of nitrogens with one attached hydrogen (secondary N) is 1. The Labute approximate surface area is 224 Å². The first-order valence-electron chi connectivity index (χ1n) is 12.6. The van der Waals surface area contributed by atoms with Crippen LogP contribution in [0.2, 0.25) is 0 Å². The number of carbonyl (C=O) groups is 1. The van der Waals surface area contributed by atoms with Crippen LogP contribution in [0.1, 0.15) is 29.5 Å². The number of oxazole rings is 1. The Bertz CT molecular complexity index is 1650. The molecule has 9 nitrogen and oxygen atoms in total. The number of para-hydroxylation sites is 1. The molecule has 11 heteroatoms. The normalized spacial score (nSPS) is 17.1. The molecule has 202 valence electrons. The van der Waals surface area contributed by atoms with Gasteiger partial charge in [0.25, 0.3) is 11.9 Å². The van der Waals surface area contributed by atoms with Crippen LogP contribution in [-0.4, -0.2) is 37.7 Å². The quantitative estimate of drug-likeness (QED) is 0.349. The molecule has 1 fully saturated rings. The molecule has 0 saturated heterocycles. The smallest absolute Gasteiger partial charge is 0.299 e. The van der Waals surface area contributed by atoms with Crippen LogP contribution in [-0.2, 0) is 34.4 Å². The number of ether oxygens (including phenoxy) is 2. The minimum absolute atomic E-state index is 0.100. The van der Waals surface area contributed by atoms with Crippen molar-refractivity contribution >= 4 is 33.0 Å². The number of aromatic nitrogens is 1. The van der Waals surface area contributed by atoms with Gasteiger partial charge in [-0.15, -0.1) is 0 Å². The van der Waals surface area contributed by atoms with Crippen molar-refractivity contribution in [2.45, 2.75) is 43.7 Å². The van der Waals surface area contributed by atoms with Gasteiger partial charge < -0.3 is 18.8 Å². The van der Waals surface area contributed by atoms with Crippen LogP contribution in [0, 0.1) is 5.82 Å². The van der Waals surface area contributed by atoms with Crippen molar-refractivity contribution in [3.63, 3.8) is 0 Å². The second-order valence-electron chi connectivity index (χ2n) is 9.65. The van der Waals surface area contributed by atoms with Gasteiger partial charge in [-0.2, -0.15) is 4.98 Å². The Balaban J connectivity index is 1.39. The average molecular weight is 552 g/mol. The lowest BCUT2D eigenvalue weighted by Crippen LogP contribution is -2.52. The number of halogens is 1. The Morgan fingerprint density at radius 3 is 2.69 bits per heavy atom. The van der Waals surface area contributed by atoms with Crippen molar-refractivity contribution in [3.8, 4) is 11.5 Å². The molecular weight excluding hydrogens is 525 g/mol. The molecule has 3 aromatic carbocycles. The molecule has 2 aliphatic rings. The van der Waals surface area contributed by atoms with Gasteiger partial charge in [0.15, 0.2) is 5.58 Å². The van der Waals surface area contributed by atoms with E-state index < -0.39 is 33.0 Å². The molecule has 1 amide bonds. The van der Waals surface area contributed by atoms with Gasteiger partial charge in [-0.3, -0.25) is 9.52 Å². The topological polar surface area (TPSA) is 111 Å². The van der Waals surface area contributed by atoms with Crippen molar-refractivity contribution < 1.29 is 31.5 Å². The summed E-state index contributed by atoms with van der Waals surface area (Å²) in [6, 6.07) is 16.2. The lowest BCUT2D eigenvalue weighted by atomic mass is 9.89. The van der Waals surface area contributed by atoms with Gasteiger partial charge in [0, 0.05) is 24.6 Å². The zero-order valence-electron chi connectivity index (χ0n) is 21.1. The summed E-state index contributed by atoms with van der Waals surface area (Å²) in [6.07, 6.45) is 1.20. The van der Waals surface area contributed by atoms with Crippen LogP contribution in [0.3, 0.4) is 0 Å². The van der Waals surface area contributed by atoms with E-state index in [0.29, 0.717) is 29.9 Å². The lowest BCUT2D eigenvalue weighted by molar-refractivity contribution is -0.120. The van der Waals surface area contributed by atoms with Gasteiger partial charge in [-0.1, -0.05) is 24.3 Å². The SMILES string of the molecule is COc1ccc2c(c1COc1ccccc1)CC(C(=O)NS(=O)(=O)C1CC1)N(c1nc3ccc(F)cc3o1)C2. The summed E-state index contributed by atoms with van der Waals surface area (Å²) in [5.74, 6) is 0.117. The maximum atomic E-state index is 13.8. The highest BCUT2D eigenvalue weighted by molar-refractivity contribution is 7.90. The number of anilines is 1. The molecule has 1 N–H and O–H groups in total. The zero-order chi connectivity index (χ0) is 27.1. The predicted molar refractivity (Wildman–Crippen MR) is 141 cm³/mol. The predicted octanol–water partition coefficient (Wildman–Crippen LogP) is 4.09. The van der Waals surface area contributed by atoms with Crippen LogP contribution < -0.4 is 19.1 Å². The van der Waals surface area contributed by atoms with E-state index in [1.807, 2.05) is 42.5 Å². The summed E-state index contributed by atoms with van der Waals surface area (Å²) < 4.78 is 58.9. The molecule has 0 spiro atoms. The van der Waals surface area contributed by atoms with E-state index in [4.69, 9.17) is 13.9 Å². The molecule has 1 atom stereocenters. The summed E-state index contributed by atoms with van der Waals surface area (Å²) in [7, 11) is -2.23. The van der Waals surface area contributed by atoms with E-state index in [-0.39, 0.29) is 31.2 Å². The minimum Gasteiger partial charge on any atom is -0.496 e. The molecule has 1 aromatic heterocycles. The summed E-state index contributed by atoms with van der Waals surface area (Å²) >= 11 is 0. The minimum atomic E-state index is -3.79. The zero-order valence-corrected chi connectivity index (χ0v) is 21.9. The number of hydrogen-bond acceptors (Lipinski definition) is 8. The van der Waals surface area contributed by atoms with Crippen LogP contribution in [0.15, 0.2) is 65.1 Å². The fraction of sp³-hybridized carbons (Fsp3) is 0.286. The van der Waals surface area contributed by atoms with Crippen LogP contribution >= 0.6 is 0 Å². The molecule has 39 heavy (non-hydrogen) atoms. The third-order valence-electron chi connectivity index (χ3n) is 7.04. The highest BCUT2D eigenvalue weighted by Crippen LogP contribution is 2.36. The highest BCUT2D eigenvalue weighted by atomic mass is 32.2. The molecule has 0 bridgehead atoms. The van der Waals surface area contributed by atoms with E-state index in [9.17, 15) is 17.6 Å². The molecule has 6 rings (SSSR count). The number of hydrogen-bond donors (Lipinski definition) is 1. The van der Waals surface area contributed by atoms with Crippen molar-refractivity contribution in [2.75, 3.05) is 12.0 Å². The molecule has 1 aliphatic carbocycles. The second kappa shape index (κ2) is 9.88. The molecule has 0 radical (unpaired) electrons. The summed E-state index contributed by atoms with van der Waals surface area (Å²) in [5, 5.41) is -0.562. The number of carbonyl (C=O) groups excluding carboxylic acids is 1.